The summed E-state index contributed by atoms with van der Waals surface area (Å²) >= 11 is 5.87. The minimum absolute atomic E-state index is 0.162. The molecule has 11 heteroatoms. The normalized spacial score (nSPS) is 12.1. The van der Waals surface area contributed by atoms with Crippen molar-refractivity contribution in [2.45, 2.75) is 12.5 Å². The Hall–Kier alpha value is -2.98. The van der Waals surface area contributed by atoms with E-state index in [0.717, 1.165) is 6.20 Å². The van der Waals surface area contributed by atoms with E-state index >= 15 is 0 Å². The van der Waals surface area contributed by atoms with Crippen molar-refractivity contribution in [1.82, 2.24) is 19.6 Å². The molecule has 154 valence electrons. The van der Waals surface area contributed by atoms with E-state index < -0.39 is 17.8 Å². The van der Waals surface area contributed by atoms with E-state index in [2.05, 4.69) is 15.1 Å². The van der Waals surface area contributed by atoms with Gasteiger partial charge >= 0.3 is 0 Å². The Kier molecular flexibility index (Phi) is 6.45. The lowest BCUT2D eigenvalue weighted by Gasteiger charge is -2.32. The maximum atomic E-state index is 13.9. The summed E-state index contributed by atoms with van der Waals surface area (Å²) in [5.74, 6) is -0.242. The van der Waals surface area contributed by atoms with Crippen LogP contribution in [0.5, 0.6) is 5.88 Å². The van der Waals surface area contributed by atoms with E-state index in [0.29, 0.717) is 30.2 Å². The lowest BCUT2D eigenvalue weighted by molar-refractivity contribution is 0.100. The van der Waals surface area contributed by atoms with Crippen LogP contribution in [-0.4, -0.2) is 56.7 Å². The Morgan fingerprint density at radius 3 is 2.93 bits per heavy atom. The Morgan fingerprint density at radius 1 is 1.48 bits per heavy atom. The van der Waals surface area contributed by atoms with E-state index in [1.165, 1.54) is 23.9 Å². The number of primary amides is 1. The number of nitrogens with zero attached hydrogens (tertiary/aromatic N) is 5. The van der Waals surface area contributed by atoms with Gasteiger partial charge in [0.15, 0.2) is 5.65 Å². The van der Waals surface area contributed by atoms with Crippen LogP contribution in [0.3, 0.4) is 0 Å². The number of carbonyl (C=O) groups is 1. The molecule has 3 heterocycles. The van der Waals surface area contributed by atoms with Gasteiger partial charge in [-0.2, -0.15) is 5.10 Å². The van der Waals surface area contributed by atoms with E-state index in [9.17, 15) is 14.3 Å². The number of anilines is 1. The van der Waals surface area contributed by atoms with Crippen molar-refractivity contribution in [2.24, 2.45) is 5.73 Å². The van der Waals surface area contributed by atoms with Gasteiger partial charge in [0.1, 0.15) is 17.2 Å². The monoisotopic (exact) mass is 422 g/mol. The zero-order chi connectivity index (χ0) is 21.0. The highest BCUT2D eigenvalue weighted by atomic mass is 35.5. The van der Waals surface area contributed by atoms with E-state index in [1.54, 1.807) is 17.2 Å². The number of halogens is 2. The molecule has 0 aliphatic carbocycles. The molecule has 3 N–H and O–H groups in total. The predicted molar refractivity (Wildman–Crippen MR) is 105 cm³/mol. The van der Waals surface area contributed by atoms with E-state index in [4.69, 9.17) is 22.1 Å². The van der Waals surface area contributed by atoms with Crippen LogP contribution in [-0.2, 0) is 0 Å². The third-order valence-electron chi connectivity index (χ3n) is 4.39. The average Bonchev–Trinajstić information content (AvgIpc) is 3.14. The Morgan fingerprint density at radius 2 is 2.28 bits per heavy atom. The summed E-state index contributed by atoms with van der Waals surface area (Å²) in [6, 6.07) is 2.21. The fraction of sp³-hybridized carbons (Fsp3) is 0.333. The van der Waals surface area contributed by atoms with Gasteiger partial charge in [0.2, 0.25) is 5.88 Å². The van der Waals surface area contributed by atoms with Crippen molar-refractivity contribution in [3.05, 3.63) is 47.7 Å². The van der Waals surface area contributed by atoms with Gasteiger partial charge in [0, 0.05) is 24.2 Å². The van der Waals surface area contributed by atoms with Gasteiger partial charge in [-0.15, -0.1) is 11.6 Å². The number of amides is 1. The number of nitrogens with two attached hydrogens (primary N) is 1. The molecular formula is C18H20ClFN6O3. The molecule has 3 rings (SSSR count). The summed E-state index contributed by atoms with van der Waals surface area (Å²) in [5.41, 5.74) is 6.18. The molecule has 3 aromatic heterocycles. The highest BCUT2D eigenvalue weighted by Crippen LogP contribution is 2.31. The number of methoxy groups -OCH3 is 1. The molecule has 9 nitrogen and oxygen atoms in total. The van der Waals surface area contributed by atoms with Gasteiger partial charge < -0.3 is 20.5 Å². The molecule has 1 unspecified atom stereocenters. The molecule has 0 aliphatic rings. The fourth-order valence-corrected chi connectivity index (χ4v) is 3.19. The number of aromatic nitrogens is 4. The third kappa shape index (κ3) is 4.22. The first kappa shape index (κ1) is 20.7. The number of aliphatic hydroxyl groups excluding tert-OH is 1. The van der Waals surface area contributed by atoms with Crippen LogP contribution < -0.4 is 15.4 Å². The number of hydrogen-bond acceptors (Lipinski definition) is 7. The zero-order valence-electron chi connectivity index (χ0n) is 15.6. The summed E-state index contributed by atoms with van der Waals surface area (Å²) < 4.78 is 20.6. The molecule has 0 saturated heterocycles. The van der Waals surface area contributed by atoms with Crippen molar-refractivity contribution in [2.75, 3.05) is 31.0 Å². The number of aliphatic hydroxyl groups is 1. The summed E-state index contributed by atoms with van der Waals surface area (Å²) in [5, 5.41) is 14.2. The van der Waals surface area contributed by atoms with Crippen molar-refractivity contribution in [1.29, 1.82) is 0 Å². The van der Waals surface area contributed by atoms with Gasteiger partial charge in [0.05, 0.1) is 32.2 Å². The van der Waals surface area contributed by atoms with Crippen LogP contribution in [0.4, 0.5) is 10.2 Å². The number of carbonyl (C=O) groups excluding carboxylic acids is 1. The third-order valence-corrected chi connectivity index (χ3v) is 4.66. The number of pyridine rings is 1. The minimum Gasteiger partial charge on any atom is -0.481 e. The maximum Gasteiger partial charge on any atom is 0.254 e. The van der Waals surface area contributed by atoms with E-state index in [-0.39, 0.29) is 23.7 Å². The van der Waals surface area contributed by atoms with Crippen LogP contribution in [0.2, 0.25) is 0 Å². The second kappa shape index (κ2) is 9.01. The van der Waals surface area contributed by atoms with Gasteiger partial charge in [-0.3, -0.25) is 4.79 Å². The molecule has 0 radical (unpaired) electrons. The summed E-state index contributed by atoms with van der Waals surface area (Å²) in [6.45, 7) is 0.0379. The highest BCUT2D eigenvalue weighted by Gasteiger charge is 2.26. The second-order valence-corrected chi connectivity index (χ2v) is 6.54. The average molecular weight is 423 g/mol. The maximum absolute atomic E-state index is 13.9. The predicted octanol–water partition coefficient (Wildman–Crippen LogP) is 1.54. The lowest BCUT2D eigenvalue weighted by atomic mass is 10.1. The van der Waals surface area contributed by atoms with Crippen LogP contribution >= 0.6 is 11.6 Å². The van der Waals surface area contributed by atoms with Crippen LogP contribution in [0.1, 0.15) is 28.4 Å². The summed E-state index contributed by atoms with van der Waals surface area (Å²) in [7, 11) is 1.41. The Labute approximate surface area is 170 Å². The number of fused-ring (bicyclic) bond motifs is 1. The largest absolute Gasteiger partial charge is 0.481 e. The number of rotatable bonds is 9. The number of alkyl halides is 1. The van der Waals surface area contributed by atoms with Gasteiger partial charge in [-0.25, -0.2) is 18.9 Å². The molecule has 3 aromatic rings. The molecule has 0 saturated carbocycles. The molecule has 1 atom stereocenters. The SMILES string of the molecule is COc1ncc(F)cc1C(CO)N(CCCCl)c1ccn2ncc(C(N)=O)c2n1. The molecule has 0 bridgehead atoms. The van der Waals surface area contributed by atoms with Crippen molar-refractivity contribution < 1.29 is 19.0 Å². The van der Waals surface area contributed by atoms with Gasteiger partial charge in [0.25, 0.3) is 5.91 Å². The molecule has 0 fully saturated rings. The Bertz CT molecular complexity index is 1010. The first-order chi connectivity index (χ1) is 14.0. The molecule has 1 amide bonds. The Balaban J connectivity index is 2.11. The van der Waals surface area contributed by atoms with Crippen LogP contribution in [0.25, 0.3) is 5.65 Å². The second-order valence-electron chi connectivity index (χ2n) is 6.16. The first-order valence-corrected chi connectivity index (χ1v) is 9.30. The topological polar surface area (TPSA) is 119 Å². The van der Waals surface area contributed by atoms with Crippen LogP contribution in [0, 0.1) is 5.82 Å². The molecular weight excluding hydrogens is 403 g/mol. The van der Waals surface area contributed by atoms with Crippen molar-refractivity contribution in [3.63, 3.8) is 0 Å². The fourth-order valence-electron chi connectivity index (χ4n) is 3.07. The quantitative estimate of drug-likeness (QED) is 0.502. The molecule has 0 aliphatic heterocycles. The smallest absolute Gasteiger partial charge is 0.254 e. The number of ether oxygens (including phenoxy) is 1. The lowest BCUT2D eigenvalue weighted by Crippen LogP contribution is -2.33. The zero-order valence-corrected chi connectivity index (χ0v) is 16.4. The highest BCUT2D eigenvalue weighted by molar-refractivity contribution is 6.17. The summed E-state index contributed by atoms with van der Waals surface area (Å²) in [4.78, 5) is 21.8. The first-order valence-electron chi connectivity index (χ1n) is 8.77. The van der Waals surface area contributed by atoms with E-state index in [1.807, 2.05) is 0 Å². The summed E-state index contributed by atoms with van der Waals surface area (Å²) in [6.07, 6.45) is 4.56. The van der Waals surface area contributed by atoms with Crippen molar-refractivity contribution in [3.8, 4) is 5.88 Å². The van der Waals surface area contributed by atoms with Crippen LogP contribution in [0.15, 0.2) is 30.7 Å². The standard InChI is InChI=1S/C18H20ClFN6O3/c1-29-18-12(7-11(20)8-22-18)14(10-27)25(5-2-4-19)15-3-6-26-17(24-15)13(9-23-26)16(21)28/h3,6-9,14,27H,2,4-5,10H2,1H3,(H2,21,28). The van der Waals surface area contributed by atoms with Gasteiger partial charge in [-0.1, -0.05) is 0 Å². The molecule has 29 heavy (non-hydrogen) atoms. The number of hydrogen-bond donors (Lipinski definition) is 2. The van der Waals surface area contributed by atoms with Gasteiger partial charge in [-0.05, 0) is 18.6 Å². The van der Waals surface area contributed by atoms with Crippen molar-refractivity contribution >= 4 is 29.0 Å². The molecule has 0 aromatic carbocycles. The minimum atomic E-state index is -0.716. The molecule has 0 spiro atoms.